The van der Waals surface area contributed by atoms with Gasteiger partial charge in [0.15, 0.2) is 0 Å². The van der Waals surface area contributed by atoms with Crippen molar-refractivity contribution >= 4 is 11.3 Å². The van der Waals surface area contributed by atoms with Gasteiger partial charge in [0.1, 0.15) is 5.75 Å². The fraction of sp³-hybridized carbons (Fsp3) is 0.294. The second kappa shape index (κ2) is 7.84. The van der Waals surface area contributed by atoms with Gasteiger partial charge in [0.05, 0.1) is 13.7 Å². The summed E-state index contributed by atoms with van der Waals surface area (Å²) in [7, 11) is 3.80. The predicted molar refractivity (Wildman–Crippen MR) is 88.4 cm³/mol. The number of nitrogens with zero attached hydrogens (tertiary/aromatic N) is 1. The summed E-state index contributed by atoms with van der Waals surface area (Å²) in [5.41, 5.74) is 8.87. The minimum absolute atomic E-state index is 0.374. The third-order valence-corrected chi connectivity index (χ3v) is 3.82. The topological polar surface area (TPSA) is 38.5 Å². The van der Waals surface area contributed by atoms with E-state index in [9.17, 15) is 0 Å². The highest BCUT2D eigenvalue weighted by Crippen LogP contribution is 2.22. The van der Waals surface area contributed by atoms with Crippen LogP contribution in [0.15, 0.2) is 35.0 Å². The SMILES string of the molecule is COc1ccc(C#CCN)cc1CN(C)Cc1ccsc1. The highest BCUT2D eigenvalue weighted by Gasteiger charge is 2.08. The van der Waals surface area contributed by atoms with E-state index in [1.807, 2.05) is 12.1 Å². The molecule has 0 aliphatic carbocycles. The number of methoxy groups -OCH3 is 1. The number of ether oxygens (including phenoxy) is 1. The maximum Gasteiger partial charge on any atom is 0.123 e. The van der Waals surface area contributed by atoms with Gasteiger partial charge in [0, 0.05) is 24.2 Å². The van der Waals surface area contributed by atoms with E-state index in [0.717, 1.165) is 30.0 Å². The van der Waals surface area contributed by atoms with Gasteiger partial charge in [0.2, 0.25) is 0 Å². The molecule has 1 heterocycles. The minimum Gasteiger partial charge on any atom is -0.496 e. The Kier molecular flexibility index (Phi) is 5.82. The smallest absolute Gasteiger partial charge is 0.123 e. The van der Waals surface area contributed by atoms with Gasteiger partial charge in [-0.1, -0.05) is 11.8 Å². The molecule has 0 bridgehead atoms. The Morgan fingerprint density at radius 1 is 1.29 bits per heavy atom. The first-order chi connectivity index (χ1) is 10.2. The molecule has 4 heteroatoms. The van der Waals surface area contributed by atoms with Crippen molar-refractivity contribution in [1.29, 1.82) is 0 Å². The summed E-state index contributed by atoms with van der Waals surface area (Å²) in [5.74, 6) is 6.85. The van der Waals surface area contributed by atoms with Crippen LogP contribution in [0.5, 0.6) is 5.75 Å². The molecular formula is C17H20N2OS. The number of hydrogen-bond acceptors (Lipinski definition) is 4. The standard InChI is InChI=1S/C17H20N2OS/c1-19(11-15-7-9-21-13-15)12-16-10-14(4-3-8-18)5-6-17(16)20-2/h5-7,9-10,13H,8,11-12,18H2,1-2H3. The van der Waals surface area contributed by atoms with Gasteiger partial charge in [-0.2, -0.15) is 11.3 Å². The Labute approximate surface area is 130 Å². The summed E-state index contributed by atoms with van der Waals surface area (Å²) in [6.45, 7) is 2.11. The number of benzene rings is 1. The van der Waals surface area contributed by atoms with Crippen LogP contribution in [0.1, 0.15) is 16.7 Å². The molecule has 0 fully saturated rings. The zero-order valence-corrected chi connectivity index (χ0v) is 13.2. The lowest BCUT2D eigenvalue weighted by molar-refractivity contribution is 0.310. The van der Waals surface area contributed by atoms with Crippen LogP contribution in [-0.4, -0.2) is 25.6 Å². The van der Waals surface area contributed by atoms with E-state index >= 15 is 0 Å². The van der Waals surface area contributed by atoms with Crippen molar-refractivity contribution in [2.75, 3.05) is 20.7 Å². The van der Waals surface area contributed by atoms with Gasteiger partial charge < -0.3 is 10.5 Å². The first-order valence-corrected chi connectivity index (χ1v) is 7.72. The van der Waals surface area contributed by atoms with Gasteiger partial charge >= 0.3 is 0 Å². The Morgan fingerprint density at radius 2 is 2.14 bits per heavy atom. The number of hydrogen-bond donors (Lipinski definition) is 1. The van der Waals surface area contributed by atoms with Crippen molar-refractivity contribution in [3.05, 3.63) is 51.7 Å². The molecule has 1 aromatic carbocycles. The summed E-state index contributed by atoms with van der Waals surface area (Å²) >= 11 is 1.73. The average molecular weight is 300 g/mol. The maximum atomic E-state index is 5.44. The largest absolute Gasteiger partial charge is 0.496 e. The van der Waals surface area contributed by atoms with Gasteiger partial charge in [-0.15, -0.1) is 0 Å². The van der Waals surface area contributed by atoms with Crippen molar-refractivity contribution in [1.82, 2.24) is 4.90 Å². The van der Waals surface area contributed by atoms with Crippen LogP contribution in [0.25, 0.3) is 0 Å². The summed E-state index contributed by atoms with van der Waals surface area (Å²) in [5, 5.41) is 4.28. The Hall–Kier alpha value is -1.80. The first kappa shape index (κ1) is 15.6. The van der Waals surface area contributed by atoms with Gasteiger partial charge in [-0.25, -0.2) is 0 Å². The van der Waals surface area contributed by atoms with E-state index in [0.29, 0.717) is 6.54 Å². The van der Waals surface area contributed by atoms with Crippen LogP contribution in [0.4, 0.5) is 0 Å². The van der Waals surface area contributed by atoms with E-state index in [4.69, 9.17) is 10.5 Å². The van der Waals surface area contributed by atoms with E-state index in [2.05, 4.69) is 46.7 Å². The van der Waals surface area contributed by atoms with Crippen molar-refractivity contribution in [3.63, 3.8) is 0 Å². The normalized spacial score (nSPS) is 10.3. The molecule has 0 amide bonds. The molecule has 110 valence electrons. The van der Waals surface area contributed by atoms with E-state index in [1.54, 1.807) is 18.4 Å². The van der Waals surface area contributed by atoms with E-state index in [1.165, 1.54) is 5.56 Å². The molecular weight excluding hydrogens is 280 g/mol. The monoisotopic (exact) mass is 300 g/mol. The summed E-state index contributed by atoms with van der Waals surface area (Å²) < 4.78 is 5.44. The molecule has 0 aliphatic rings. The Balaban J connectivity index is 2.12. The maximum absolute atomic E-state index is 5.44. The molecule has 0 unspecified atom stereocenters. The van der Waals surface area contributed by atoms with Crippen LogP contribution in [0, 0.1) is 11.8 Å². The molecule has 0 saturated carbocycles. The molecule has 1 aromatic heterocycles. The lowest BCUT2D eigenvalue weighted by atomic mass is 10.1. The predicted octanol–water partition coefficient (Wildman–Crippen LogP) is 2.70. The van der Waals surface area contributed by atoms with Crippen LogP contribution in [0.2, 0.25) is 0 Å². The molecule has 0 radical (unpaired) electrons. The molecule has 2 N–H and O–H groups in total. The van der Waals surface area contributed by atoms with E-state index in [-0.39, 0.29) is 0 Å². The molecule has 2 rings (SSSR count). The molecule has 0 saturated heterocycles. The summed E-state index contributed by atoms with van der Waals surface area (Å²) in [6.07, 6.45) is 0. The van der Waals surface area contributed by atoms with Crippen LogP contribution in [0.3, 0.4) is 0 Å². The van der Waals surface area contributed by atoms with Crippen molar-refractivity contribution < 1.29 is 4.74 Å². The van der Waals surface area contributed by atoms with Gasteiger partial charge in [0.25, 0.3) is 0 Å². The summed E-state index contributed by atoms with van der Waals surface area (Å²) in [6, 6.07) is 8.16. The Morgan fingerprint density at radius 3 is 2.81 bits per heavy atom. The lowest BCUT2D eigenvalue weighted by Crippen LogP contribution is -2.17. The molecule has 0 aliphatic heterocycles. The average Bonchev–Trinajstić information content (AvgIpc) is 2.98. The second-order valence-electron chi connectivity index (χ2n) is 4.84. The highest BCUT2D eigenvalue weighted by atomic mass is 32.1. The number of thiophene rings is 1. The molecule has 21 heavy (non-hydrogen) atoms. The first-order valence-electron chi connectivity index (χ1n) is 6.78. The van der Waals surface area contributed by atoms with Gasteiger partial charge in [-0.3, -0.25) is 4.90 Å². The van der Waals surface area contributed by atoms with Crippen molar-refractivity contribution in [2.45, 2.75) is 13.1 Å². The molecule has 0 atom stereocenters. The third kappa shape index (κ3) is 4.61. The highest BCUT2D eigenvalue weighted by molar-refractivity contribution is 7.07. The Bertz CT molecular complexity index is 626. The third-order valence-electron chi connectivity index (χ3n) is 3.09. The van der Waals surface area contributed by atoms with Crippen LogP contribution in [-0.2, 0) is 13.1 Å². The van der Waals surface area contributed by atoms with Gasteiger partial charge in [-0.05, 0) is 47.6 Å². The molecule has 3 nitrogen and oxygen atoms in total. The van der Waals surface area contributed by atoms with Crippen LogP contribution >= 0.6 is 11.3 Å². The number of nitrogens with two attached hydrogens (primary N) is 1. The van der Waals surface area contributed by atoms with E-state index < -0.39 is 0 Å². The number of rotatable bonds is 5. The van der Waals surface area contributed by atoms with Crippen molar-refractivity contribution in [2.24, 2.45) is 5.73 Å². The molecule has 0 spiro atoms. The minimum atomic E-state index is 0.374. The zero-order valence-electron chi connectivity index (χ0n) is 12.4. The fourth-order valence-corrected chi connectivity index (χ4v) is 2.83. The quantitative estimate of drug-likeness (QED) is 0.863. The zero-order chi connectivity index (χ0) is 15.1. The molecule has 2 aromatic rings. The fourth-order valence-electron chi connectivity index (χ4n) is 2.17. The second-order valence-corrected chi connectivity index (χ2v) is 5.62. The lowest BCUT2D eigenvalue weighted by Gasteiger charge is -2.18. The van der Waals surface area contributed by atoms with Crippen LogP contribution < -0.4 is 10.5 Å². The summed E-state index contributed by atoms with van der Waals surface area (Å²) in [4.78, 5) is 2.26. The van der Waals surface area contributed by atoms with Crippen molar-refractivity contribution in [3.8, 4) is 17.6 Å².